The van der Waals surface area contributed by atoms with Gasteiger partial charge in [-0.25, -0.2) is 8.78 Å². The molecular weight excluding hydrogens is 280 g/mol. The highest BCUT2D eigenvalue weighted by Gasteiger charge is 2.07. The molecule has 0 aliphatic heterocycles. The summed E-state index contributed by atoms with van der Waals surface area (Å²) < 4.78 is 26.0. The lowest BCUT2D eigenvalue weighted by Gasteiger charge is -2.07. The van der Waals surface area contributed by atoms with Crippen LogP contribution in [0.1, 0.15) is 45.1 Å². The largest absolute Gasteiger partial charge is 0.316 e. The van der Waals surface area contributed by atoms with Crippen molar-refractivity contribution in [1.82, 2.24) is 5.32 Å². The number of nitrogens with one attached hydrogen (secondary N) is 1. The zero-order valence-corrected chi connectivity index (χ0v) is 13.1. The highest BCUT2D eigenvalue weighted by atomic mass is 35.5. The molecule has 0 aliphatic carbocycles. The Hall–Kier alpha value is -0.670. The van der Waals surface area contributed by atoms with Crippen LogP contribution >= 0.6 is 11.6 Å². The van der Waals surface area contributed by atoms with Crippen molar-refractivity contribution in [2.24, 2.45) is 5.92 Å². The van der Waals surface area contributed by atoms with E-state index >= 15 is 0 Å². The fourth-order valence-corrected chi connectivity index (χ4v) is 2.31. The molecule has 1 N–H and O–H groups in total. The van der Waals surface area contributed by atoms with E-state index in [1.54, 1.807) is 0 Å². The maximum Gasteiger partial charge on any atom is 0.160 e. The van der Waals surface area contributed by atoms with Gasteiger partial charge in [0.25, 0.3) is 0 Å². The van der Waals surface area contributed by atoms with Gasteiger partial charge in [0.15, 0.2) is 11.6 Å². The first kappa shape index (κ1) is 17.4. The molecule has 0 saturated carbocycles. The number of aryl methyl sites for hydroxylation is 1. The average molecular weight is 304 g/mol. The lowest BCUT2D eigenvalue weighted by molar-refractivity contribution is 0.506. The smallest absolute Gasteiger partial charge is 0.160 e. The SMILES string of the molecule is CC(C)CNCCCCCCc1cc(F)c(F)cc1Cl. The van der Waals surface area contributed by atoms with Crippen LogP contribution in [-0.4, -0.2) is 13.1 Å². The summed E-state index contributed by atoms with van der Waals surface area (Å²) in [6.07, 6.45) is 5.04. The van der Waals surface area contributed by atoms with E-state index in [1.165, 1.54) is 6.07 Å². The zero-order chi connectivity index (χ0) is 15.0. The summed E-state index contributed by atoms with van der Waals surface area (Å²) in [5.74, 6) is -1.01. The standard InChI is InChI=1S/C16H24ClF2N/c1-12(2)11-20-8-6-4-3-5-7-13-9-15(18)16(19)10-14(13)17/h9-10,12,20H,3-8,11H2,1-2H3. The minimum absolute atomic E-state index is 0.322. The van der Waals surface area contributed by atoms with Crippen LogP contribution in [-0.2, 0) is 6.42 Å². The molecule has 0 saturated heterocycles. The van der Waals surface area contributed by atoms with Crippen molar-refractivity contribution < 1.29 is 8.78 Å². The summed E-state index contributed by atoms with van der Waals surface area (Å²) in [6.45, 7) is 6.49. The molecule has 20 heavy (non-hydrogen) atoms. The van der Waals surface area contributed by atoms with Gasteiger partial charge >= 0.3 is 0 Å². The average Bonchev–Trinajstić information content (AvgIpc) is 2.38. The van der Waals surface area contributed by atoms with E-state index in [0.717, 1.165) is 44.8 Å². The molecule has 0 bridgehead atoms. The maximum absolute atomic E-state index is 13.1. The number of benzene rings is 1. The fraction of sp³-hybridized carbons (Fsp3) is 0.625. The first-order valence-electron chi connectivity index (χ1n) is 7.35. The molecule has 0 atom stereocenters. The molecule has 1 nitrogen and oxygen atoms in total. The van der Waals surface area contributed by atoms with Crippen LogP contribution in [0.5, 0.6) is 0 Å². The van der Waals surface area contributed by atoms with Crippen molar-refractivity contribution >= 4 is 11.6 Å². The third-order valence-electron chi connectivity index (χ3n) is 3.19. The lowest BCUT2D eigenvalue weighted by Crippen LogP contribution is -2.20. The molecule has 0 radical (unpaired) electrons. The van der Waals surface area contributed by atoms with Gasteiger partial charge in [-0.05, 0) is 56.0 Å². The van der Waals surface area contributed by atoms with Gasteiger partial charge in [0, 0.05) is 5.02 Å². The van der Waals surface area contributed by atoms with Crippen molar-refractivity contribution in [3.05, 3.63) is 34.4 Å². The van der Waals surface area contributed by atoms with E-state index in [4.69, 9.17) is 11.6 Å². The predicted octanol–water partition coefficient (Wildman–Crippen LogP) is 4.97. The summed E-state index contributed by atoms with van der Waals surface area (Å²) in [5, 5.41) is 3.73. The van der Waals surface area contributed by atoms with Gasteiger partial charge in [0.05, 0.1) is 0 Å². The molecule has 1 aromatic rings. The first-order chi connectivity index (χ1) is 9.50. The Labute approximate surface area is 125 Å². The lowest BCUT2D eigenvalue weighted by atomic mass is 10.1. The van der Waals surface area contributed by atoms with Gasteiger partial charge in [0.1, 0.15) is 0 Å². The summed E-state index contributed by atoms with van der Waals surface area (Å²) in [6, 6.07) is 2.27. The predicted molar refractivity (Wildman–Crippen MR) is 81.2 cm³/mol. The summed E-state index contributed by atoms with van der Waals surface area (Å²) in [4.78, 5) is 0. The van der Waals surface area contributed by atoms with E-state index in [2.05, 4.69) is 19.2 Å². The monoisotopic (exact) mass is 303 g/mol. The van der Waals surface area contributed by atoms with E-state index in [-0.39, 0.29) is 0 Å². The second-order valence-corrected chi connectivity index (χ2v) is 6.03. The minimum Gasteiger partial charge on any atom is -0.316 e. The number of hydrogen-bond acceptors (Lipinski definition) is 1. The van der Waals surface area contributed by atoms with E-state index in [9.17, 15) is 8.78 Å². The molecule has 0 unspecified atom stereocenters. The number of unbranched alkanes of at least 4 members (excludes halogenated alkanes) is 3. The van der Waals surface area contributed by atoms with E-state index < -0.39 is 11.6 Å². The topological polar surface area (TPSA) is 12.0 Å². The second kappa shape index (κ2) is 9.30. The van der Waals surface area contributed by atoms with Gasteiger partial charge in [0.2, 0.25) is 0 Å². The molecule has 4 heteroatoms. The van der Waals surface area contributed by atoms with Gasteiger partial charge in [-0.3, -0.25) is 0 Å². The van der Waals surface area contributed by atoms with Gasteiger partial charge in [-0.2, -0.15) is 0 Å². The van der Waals surface area contributed by atoms with E-state index in [0.29, 0.717) is 22.9 Å². The van der Waals surface area contributed by atoms with Gasteiger partial charge < -0.3 is 5.32 Å². The summed E-state index contributed by atoms with van der Waals surface area (Å²) in [5.41, 5.74) is 0.698. The third-order valence-corrected chi connectivity index (χ3v) is 3.54. The molecule has 1 aromatic carbocycles. The van der Waals surface area contributed by atoms with Crippen molar-refractivity contribution in [3.8, 4) is 0 Å². The molecule has 0 aromatic heterocycles. The molecule has 0 amide bonds. The van der Waals surface area contributed by atoms with Crippen LogP contribution in [0.2, 0.25) is 5.02 Å². The molecule has 1 rings (SSSR count). The Balaban J connectivity index is 2.14. The van der Waals surface area contributed by atoms with Crippen LogP contribution in [0.25, 0.3) is 0 Å². The number of halogens is 3. The van der Waals surface area contributed by atoms with Crippen LogP contribution in [0.4, 0.5) is 8.78 Å². The van der Waals surface area contributed by atoms with Crippen molar-refractivity contribution in [2.75, 3.05) is 13.1 Å². The van der Waals surface area contributed by atoms with Gasteiger partial charge in [-0.1, -0.05) is 38.3 Å². The van der Waals surface area contributed by atoms with Crippen LogP contribution in [0, 0.1) is 17.6 Å². The van der Waals surface area contributed by atoms with Gasteiger partial charge in [-0.15, -0.1) is 0 Å². The highest BCUT2D eigenvalue weighted by molar-refractivity contribution is 6.31. The second-order valence-electron chi connectivity index (χ2n) is 5.62. The first-order valence-corrected chi connectivity index (χ1v) is 7.72. The van der Waals surface area contributed by atoms with Crippen LogP contribution in [0.15, 0.2) is 12.1 Å². The van der Waals surface area contributed by atoms with Crippen LogP contribution < -0.4 is 5.32 Å². The zero-order valence-electron chi connectivity index (χ0n) is 12.3. The maximum atomic E-state index is 13.1. The summed E-state index contributed by atoms with van der Waals surface area (Å²) in [7, 11) is 0. The Morgan fingerprint density at radius 1 is 1.05 bits per heavy atom. The van der Waals surface area contributed by atoms with E-state index in [1.807, 2.05) is 0 Å². The Kier molecular flexibility index (Phi) is 8.08. The quantitative estimate of drug-likeness (QED) is 0.502. The molecular formula is C16H24ClF2N. The minimum atomic E-state index is -0.880. The fourth-order valence-electron chi connectivity index (χ4n) is 2.07. The Morgan fingerprint density at radius 2 is 1.70 bits per heavy atom. The summed E-state index contributed by atoms with van der Waals surface area (Å²) >= 11 is 5.90. The third kappa shape index (κ3) is 6.67. The number of hydrogen-bond donors (Lipinski definition) is 1. The van der Waals surface area contributed by atoms with Crippen molar-refractivity contribution in [3.63, 3.8) is 0 Å². The highest BCUT2D eigenvalue weighted by Crippen LogP contribution is 2.22. The Morgan fingerprint density at radius 3 is 2.40 bits per heavy atom. The molecule has 114 valence electrons. The molecule has 0 fully saturated rings. The normalized spacial score (nSPS) is 11.3. The molecule has 0 spiro atoms. The molecule has 0 aliphatic rings. The number of rotatable bonds is 9. The van der Waals surface area contributed by atoms with Crippen molar-refractivity contribution in [2.45, 2.75) is 46.0 Å². The van der Waals surface area contributed by atoms with Crippen LogP contribution in [0.3, 0.4) is 0 Å². The Bertz CT molecular complexity index is 408. The van der Waals surface area contributed by atoms with Crippen molar-refractivity contribution in [1.29, 1.82) is 0 Å². The molecule has 0 heterocycles.